The number of hydrogen-bond acceptors (Lipinski definition) is 3. The van der Waals surface area contributed by atoms with E-state index in [1.807, 2.05) is 18.2 Å². The Bertz CT molecular complexity index is 491. The van der Waals surface area contributed by atoms with E-state index in [0.717, 1.165) is 24.8 Å². The van der Waals surface area contributed by atoms with Crippen LogP contribution in [0.25, 0.3) is 0 Å². The molecule has 0 saturated carbocycles. The van der Waals surface area contributed by atoms with E-state index in [4.69, 9.17) is 9.84 Å². The van der Waals surface area contributed by atoms with Crippen molar-refractivity contribution in [3.05, 3.63) is 42.0 Å². The number of carbonyl (C=O) groups is 2. The number of unbranched alkanes of at least 4 members (excludes halogenated alkanes) is 2. The predicted octanol–water partition coefficient (Wildman–Crippen LogP) is 3.36. The van der Waals surface area contributed by atoms with Gasteiger partial charge >= 0.3 is 11.9 Å². The summed E-state index contributed by atoms with van der Waals surface area (Å²) in [5, 5.41) is 8.54. The van der Waals surface area contributed by atoms with Gasteiger partial charge in [-0.25, -0.2) is 4.79 Å². The second-order valence-electron chi connectivity index (χ2n) is 4.77. The molecule has 0 fully saturated rings. The van der Waals surface area contributed by atoms with E-state index in [1.54, 1.807) is 13.0 Å². The lowest BCUT2D eigenvalue weighted by Crippen LogP contribution is -2.08. The van der Waals surface area contributed by atoms with Gasteiger partial charge in [0, 0.05) is 12.0 Å². The van der Waals surface area contributed by atoms with Crippen molar-refractivity contribution in [3.63, 3.8) is 0 Å². The average molecular weight is 276 g/mol. The lowest BCUT2D eigenvalue weighted by Gasteiger charge is -2.06. The number of esters is 1. The van der Waals surface area contributed by atoms with Crippen LogP contribution in [0.3, 0.4) is 0 Å². The molecule has 108 valence electrons. The maximum atomic E-state index is 11.4. The maximum Gasteiger partial charge on any atom is 0.338 e. The number of benzene rings is 1. The third-order valence-corrected chi connectivity index (χ3v) is 2.81. The number of carboxylic acids is 1. The minimum atomic E-state index is -0.751. The van der Waals surface area contributed by atoms with E-state index in [-0.39, 0.29) is 6.42 Å². The van der Waals surface area contributed by atoms with Crippen molar-refractivity contribution in [1.29, 1.82) is 0 Å². The third kappa shape index (κ3) is 6.18. The minimum absolute atomic E-state index is 0.219. The Morgan fingerprint density at radius 1 is 1.25 bits per heavy atom. The Morgan fingerprint density at radius 2 is 2.00 bits per heavy atom. The summed E-state index contributed by atoms with van der Waals surface area (Å²) in [5.74, 6) is -0.664. The molecule has 0 aromatic heterocycles. The third-order valence-electron chi connectivity index (χ3n) is 2.81. The molecule has 1 aromatic rings. The van der Waals surface area contributed by atoms with Crippen molar-refractivity contribution in [2.75, 3.05) is 0 Å². The maximum absolute atomic E-state index is 11.4. The molecule has 1 N–H and O–H groups in total. The number of rotatable bonds is 8. The fourth-order valence-electron chi connectivity index (χ4n) is 1.74. The SMILES string of the molecule is C=C(C)C(=O)Oc1cccc(CCCCCC(=O)O)c1. The number of ether oxygens (including phenoxy) is 1. The molecule has 0 saturated heterocycles. The molecular weight excluding hydrogens is 256 g/mol. The summed E-state index contributed by atoms with van der Waals surface area (Å²) in [4.78, 5) is 21.8. The van der Waals surface area contributed by atoms with Gasteiger partial charge in [-0.3, -0.25) is 4.79 Å². The van der Waals surface area contributed by atoms with E-state index >= 15 is 0 Å². The summed E-state index contributed by atoms with van der Waals surface area (Å²) in [6.45, 7) is 5.14. The Hall–Kier alpha value is -2.10. The lowest BCUT2D eigenvalue weighted by molar-refractivity contribution is -0.137. The zero-order valence-corrected chi connectivity index (χ0v) is 11.7. The fraction of sp³-hybridized carbons (Fsp3) is 0.375. The number of aryl methyl sites for hydroxylation is 1. The highest BCUT2D eigenvalue weighted by Crippen LogP contribution is 2.16. The van der Waals surface area contributed by atoms with Gasteiger partial charge in [0.15, 0.2) is 0 Å². The van der Waals surface area contributed by atoms with Crippen LogP contribution in [-0.2, 0) is 16.0 Å². The van der Waals surface area contributed by atoms with Crippen LogP contribution >= 0.6 is 0 Å². The van der Waals surface area contributed by atoms with E-state index in [2.05, 4.69) is 6.58 Å². The minimum Gasteiger partial charge on any atom is -0.481 e. The van der Waals surface area contributed by atoms with Crippen molar-refractivity contribution in [1.82, 2.24) is 0 Å². The molecule has 0 heterocycles. The highest BCUT2D eigenvalue weighted by atomic mass is 16.5. The summed E-state index contributed by atoms with van der Waals surface area (Å²) in [7, 11) is 0. The van der Waals surface area contributed by atoms with Crippen molar-refractivity contribution < 1.29 is 19.4 Å². The number of carboxylic acid groups (broad SMARTS) is 1. The fourth-order valence-corrected chi connectivity index (χ4v) is 1.74. The van der Waals surface area contributed by atoms with Gasteiger partial charge in [0.25, 0.3) is 0 Å². The first-order chi connectivity index (χ1) is 9.49. The van der Waals surface area contributed by atoms with Crippen LogP contribution in [0.2, 0.25) is 0 Å². The topological polar surface area (TPSA) is 63.6 Å². The highest BCUT2D eigenvalue weighted by molar-refractivity contribution is 5.88. The number of carbonyl (C=O) groups excluding carboxylic acids is 1. The van der Waals surface area contributed by atoms with Crippen LogP contribution in [0, 0.1) is 0 Å². The smallest absolute Gasteiger partial charge is 0.338 e. The quantitative estimate of drug-likeness (QED) is 0.342. The van der Waals surface area contributed by atoms with Crippen LogP contribution < -0.4 is 4.74 Å². The second-order valence-corrected chi connectivity index (χ2v) is 4.77. The lowest BCUT2D eigenvalue weighted by atomic mass is 10.1. The molecule has 4 nitrogen and oxygen atoms in total. The Balaban J connectivity index is 2.41. The first kappa shape index (κ1) is 16.0. The van der Waals surface area contributed by atoms with Crippen molar-refractivity contribution >= 4 is 11.9 Å². The zero-order valence-electron chi connectivity index (χ0n) is 11.7. The molecule has 1 aromatic carbocycles. The average Bonchev–Trinajstić information content (AvgIpc) is 2.38. The van der Waals surface area contributed by atoms with Gasteiger partial charge in [0.05, 0.1) is 0 Å². The van der Waals surface area contributed by atoms with Gasteiger partial charge < -0.3 is 9.84 Å². The van der Waals surface area contributed by atoms with Crippen molar-refractivity contribution in [3.8, 4) is 5.75 Å². The van der Waals surface area contributed by atoms with Crippen molar-refractivity contribution in [2.45, 2.75) is 39.0 Å². The van der Waals surface area contributed by atoms with Gasteiger partial charge in [0.2, 0.25) is 0 Å². The van der Waals surface area contributed by atoms with Crippen LogP contribution in [-0.4, -0.2) is 17.0 Å². The molecule has 0 spiro atoms. The number of aliphatic carboxylic acids is 1. The van der Waals surface area contributed by atoms with Crippen molar-refractivity contribution in [2.24, 2.45) is 0 Å². The zero-order chi connectivity index (χ0) is 15.0. The Morgan fingerprint density at radius 3 is 2.65 bits per heavy atom. The first-order valence-electron chi connectivity index (χ1n) is 6.67. The number of hydrogen-bond donors (Lipinski definition) is 1. The Kier molecular flexibility index (Phi) is 6.50. The van der Waals surface area contributed by atoms with Crippen LogP contribution in [0.4, 0.5) is 0 Å². The van der Waals surface area contributed by atoms with Gasteiger partial charge in [0.1, 0.15) is 5.75 Å². The molecule has 0 amide bonds. The monoisotopic (exact) mass is 276 g/mol. The van der Waals surface area contributed by atoms with Gasteiger partial charge in [-0.1, -0.05) is 25.1 Å². The largest absolute Gasteiger partial charge is 0.481 e. The van der Waals surface area contributed by atoms with Gasteiger partial charge in [-0.05, 0) is 43.9 Å². The molecule has 0 aliphatic heterocycles. The molecule has 1 rings (SSSR count). The molecule has 4 heteroatoms. The summed E-state index contributed by atoms with van der Waals surface area (Å²) in [5.41, 5.74) is 1.44. The second kappa shape index (κ2) is 8.15. The summed E-state index contributed by atoms with van der Waals surface area (Å²) in [6.07, 6.45) is 3.56. The normalized spacial score (nSPS) is 10.1. The van der Waals surface area contributed by atoms with Crippen LogP contribution in [0.1, 0.15) is 38.2 Å². The molecule has 0 aliphatic rings. The molecule has 0 radical (unpaired) electrons. The van der Waals surface area contributed by atoms with Gasteiger partial charge in [-0.15, -0.1) is 0 Å². The van der Waals surface area contributed by atoms with E-state index < -0.39 is 11.9 Å². The summed E-state index contributed by atoms with van der Waals surface area (Å²) >= 11 is 0. The van der Waals surface area contributed by atoms with E-state index in [1.165, 1.54) is 0 Å². The standard InChI is InChI=1S/C16H20O4/c1-12(2)16(19)20-14-9-6-8-13(11-14)7-4-3-5-10-15(17)18/h6,8-9,11H,1,3-5,7,10H2,2H3,(H,17,18). The summed E-state index contributed by atoms with van der Waals surface area (Å²) < 4.78 is 5.16. The molecule has 20 heavy (non-hydrogen) atoms. The van der Waals surface area contributed by atoms with E-state index in [9.17, 15) is 9.59 Å². The predicted molar refractivity (Wildman–Crippen MR) is 76.7 cm³/mol. The van der Waals surface area contributed by atoms with Crippen LogP contribution in [0.15, 0.2) is 36.4 Å². The van der Waals surface area contributed by atoms with Crippen LogP contribution in [0.5, 0.6) is 5.75 Å². The Labute approximate surface area is 119 Å². The van der Waals surface area contributed by atoms with Gasteiger partial charge in [-0.2, -0.15) is 0 Å². The first-order valence-corrected chi connectivity index (χ1v) is 6.67. The van der Waals surface area contributed by atoms with E-state index in [0.29, 0.717) is 17.7 Å². The summed E-state index contributed by atoms with van der Waals surface area (Å²) in [6, 6.07) is 7.37. The highest BCUT2D eigenvalue weighted by Gasteiger charge is 2.05. The molecule has 0 unspecified atom stereocenters. The molecule has 0 atom stereocenters. The molecule has 0 aliphatic carbocycles. The molecular formula is C16H20O4. The molecule has 0 bridgehead atoms.